The molecule has 0 aliphatic carbocycles. The molecular formula is C17H29Cl2N3O. The van der Waals surface area contributed by atoms with Gasteiger partial charge in [-0.25, -0.2) is 0 Å². The van der Waals surface area contributed by atoms with Gasteiger partial charge in [0.05, 0.1) is 6.04 Å². The zero-order valence-electron chi connectivity index (χ0n) is 14.1. The van der Waals surface area contributed by atoms with Crippen LogP contribution in [0.2, 0.25) is 0 Å². The molecule has 1 saturated heterocycles. The Balaban J connectivity index is 0.00000242. The molecule has 132 valence electrons. The molecule has 0 bridgehead atoms. The number of likely N-dealkylation sites (tertiary alicyclic amines) is 1. The molecule has 6 heteroatoms. The van der Waals surface area contributed by atoms with Gasteiger partial charge in [-0.2, -0.15) is 0 Å². The van der Waals surface area contributed by atoms with Crippen molar-refractivity contribution in [2.45, 2.75) is 45.3 Å². The SMILES string of the molecule is CCN(C(=O)[C@@H](C)N)C1CCN(C(C)c2ccccc2)C1.Cl.Cl. The van der Waals surface area contributed by atoms with Crippen LogP contribution in [0.1, 0.15) is 38.8 Å². The Bertz CT molecular complexity index is 470. The fourth-order valence-corrected chi connectivity index (χ4v) is 3.17. The Kier molecular flexibility index (Phi) is 9.78. The second-order valence-electron chi connectivity index (χ2n) is 5.94. The number of amides is 1. The van der Waals surface area contributed by atoms with E-state index in [1.165, 1.54) is 5.56 Å². The molecular weight excluding hydrogens is 333 g/mol. The van der Waals surface area contributed by atoms with Crippen LogP contribution in [0.5, 0.6) is 0 Å². The Morgan fingerprint density at radius 2 is 1.91 bits per heavy atom. The highest BCUT2D eigenvalue weighted by Gasteiger charge is 2.32. The lowest BCUT2D eigenvalue weighted by atomic mass is 10.1. The van der Waals surface area contributed by atoms with E-state index in [1.54, 1.807) is 6.92 Å². The summed E-state index contributed by atoms with van der Waals surface area (Å²) in [7, 11) is 0. The Labute approximate surface area is 152 Å². The number of rotatable bonds is 5. The predicted molar refractivity (Wildman–Crippen MR) is 100 cm³/mol. The number of benzene rings is 1. The average molecular weight is 362 g/mol. The van der Waals surface area contributed by atoms with Gasteiger partial charge in [0.2, 0.25) is 5.91 Å². The molecule has 1 aromatic carbocycles. The Morgan fingerprint density at radius 1 is 1.30 bits per heavy atom. The van der Waals surface area contributed by atoms with Gasteiger partial charge in [-0.1, -0.05) is 30.3 Å². The van der Waals surface area contributed by atoms with E-state index in [0.29, 0.717) is 12.1 Å². The van der Waals surface area contributed by atoms with E-state index in [2.05, 4.69) is 36.1 Å². The molecule has 1 aromatic rings. The van der Waals surface area contributed by atoms with Crippen LogP contribution in [-0.4, -0.2) is 47.4 Å². The highest BCUT2D eigenvalue weighted by atomic mass is 35.5. The van der Waals surface area contributed by atoms with Crippen LogP contribution in [0, 0.1) is 0 Å². The molecule has 3 atom stereocenters. The van der Waals surface area contributed by atoms with Gasteiger partial charge in [0, 0.05) is 31.7 Å². The Morgan fingerprint density at radius 3 is 2.43 bits per heavy atom. The summed E-state index contributed by atoms with van der Waals surface area (Å²) in [4.78, 5) is 16.6. The fraction of sp³-hybridized carbons (Fsp3) is 0.588. The number of nitrogens with two attached hydrogens (primary N) is 1. The zero-order chi connectivity index (χ0) is 15.4. The summed E-state index contributed by atoms with van der Waals surface area (Å²) in [5.74, 6) is 0.0664. The topological polar surface area (TPSA) is 49.6 Å². The second kappa shape index (κ2) is 10.1. The third-order valence-electron chi connectivity index (χ3n) is 4.48. The lowest BCUT2D eigenvalue weighted by Gasteiger charge is -2.30. The smallest absolute Gasteiger partial charge is 0.239 e. The predicted octanol–water partition coefficient (Wildman–Crippen LogP) is 2.86. The average Bonchev–Trinajstić information content (AvgIpc) is 2.97. The first-order valence-corrected chi connectivity index (χ1v) is 7.89. The summed E-state index contributed by atoms with van der Waals surface area (Å²) < 4.78 is 0. The number of hydrogen-bond acceptors (Lipinski definition) is 3. The van der Waals surface area contributed by atoms with Crippen molar-refractivity contribution >= 4 is 30.7 Å². The van der Waals surface area contributed by atoms with Crippen molar-refractivity contribution < 1.29 is 4.79 Å². The number of carbonyl (C=O) groups excluding carboxylic acids is 1. The molecule has 4 nitrogen and oxygen atoms in total. The van der Waals surface area contributed by atoms with Crippen molar-refractivity contribution in [2.75, 3.05) is 19.6 Å². The van der Waals surface area contributed by atoms with Gasteiger partial charge in [-0.3, -0.25) is 9.69 Å². The van der Waals surface area contributed by atoms with Crippen molar-refractivity contribution in [3.05, 3.63) is 35.9 Å². The molecule has 2 rings (SSSR count). The quantitative estimate of drug-likeness (QED) is 0.876. The van der Waals surface area contributed by atoms with Crippen molar-refractivity contribution in [1.29, 1.82) is 0 Å². The number of halogens is 2. The second-order valence-corrected chi connectivity index (χ2v) is 5.94. The summed E-state index contributed by atoms with van der Waals surface area (Å²) >= 11 is 0. The molecule has 1 aliphatic rings. The number of likely N-dealkylation sites (N-methyl/N-ethyl adjacent to an activating group) is 1. The molecule has 1 aliphatic heterocycles. The lowest BCUT2D eigenvalue weighted by molar-refractivity contribution is -0.134. The third-order valence-corrected chi connectivity index (χ3v) is 4.48. The highest BCUT2D eigenvalue weighted by molar-refractivity contribution is 5.85. The van der Waals surface area contributed by atoms with Crippen LogP contribution in [0.4, 0.5) is 0 Å². The van der Waals surface area contributed by atoms with E-state index in [4.69, 9.17) is 5.73 Å². The van der Waals surface area contributed by atoms with E-state index in [1.807, 2.05) is 17.9 Å². The van der Waals surface area contributed by atoms with Crippen LogP contribution in [0.25, 0.3) is 0 Å². The van der Waals surface area contributed by atoms with Gasteiger partial charge in [0.15, 0.2) is 0 Å². The van der Waals surface area contributed by atoms with E-state index in [0.717, 1.165) is 26.1 Å². The van der Waals surface area contributed by atoms with Crippen molar-refractivity contribution in [2.24, 2.45) is 5.73 Å². The molecule has 1 amide bonds. The molecule has 23 heavy (non-hydrogen) atoms. The molecule has 1 heterocycles. The van der Waals surface area contributed by atoms with Crippen molar-refractivity contribution in [3.63, 3.8) is 0 Å². The molecule has 0 spiro atoms. The van der Waals surface area contributed by atoms with Gasteiger partial charge in [0.25, 0.3) is 0 Å². The summed E-state index contributed by atoms with van der Waals surface area (Å²) in [6.45, 7) is 8.74. The van der Waals surface area contributed by atoms with Crippen LogP contribution in [0.15, 0.2) is 30.3 Å². The largest absolute Gasteiger partial charge is 0.337 e. The van der Waals surface area contributed by atoms with Gasteiger partial charge in [0.1, 0.15) is 0 Å². The molecule has 1 fully saturated rings. The first-order valence-electron chi connectivity index (χ1n) is 7.89. The van der Waals surface area contributed by atoms with Gasteiger partial charge < -0.3 is 10.6 Å². The van der Waals surface area contributed by atoms with Crippen molar-refractivity contribution in [3.8, 4) is 0 Å². The summed E-state index contributed by atoms with van der Waals surface area (Å²) in [5.41, 5.74) is 7.09. The fourth-order valence-electron chi connectivity index (χ4n) is 3.17. The van der Waals surface area contributed by atoms with E-state index < -0.39 is 6.04 Å². The molecule has 0 saturated carbocycles. The van der Waals surface area contributed by atoms with Gasteiger partial charge >= 0.3 is 0 Å². The van der Waals surface area contributed by atoms with E-state index in [9.17, 15) is 4.79 Å². The van der Waals surface area contributed by atoms with Crippen LogP contribution < -0.4 is 5.73 Å². The number of hydrogen-bond donors (Lipinski definition) is 1. The maximum Gasteiger partial charge on any atom is 0.239 e. The number of carbonyl (C=O) groups is 1. The van der Waals surface area contributed by atoms with Crippen molar-refractivity contribution in [1.82, 2.24) is 9.80 Å². The minimum atomic E-state index is -0.412. The van der Waals surface area contributed by atoms with Crippen LogP contribution in [-0.2, 0) is 4.79 Å². The maximum atomic E-state index is 12.2. The molecule has 2 unspecified atom stereocenters. The normalized spacial score (nSPS) is 20.1. The summed E-state index contributed by atoms with van der Waals surface area (Å²) in [6, 6.07) is 10.8. The standard InChI is InChI=1S/C17H27N3O.2ClH/c1-4-20(17(21)13(2)18)16-10-11-19(12-16)14(3)15-8-6-5-7-9-15;;/h5-9,13-14,16H,4,10-12,18H2,1-3H3;2*1H/t13-,14?,16?;;/m1../s1. The first kappa shape index (κ1) is 22.2. The molecule has 2 N–H and O–H groups in total. The van der Waals surface area contributed by atoms with E-state index >= 15 is 0 Å². The monoisotopic (exact) mass is 361 g/mol. The maximum absolute atomic E-state index is 12.2. The number of nitrogens with zero attached hydrogens (tertiary/aromatic N) is 2. The minimum absolute atomic E-state index is 0. The molecule has 0 radical (unpaired) electrons. The van der Waals surface area contributed by atoms with Crippen LogP contribution >= 0.6 is 24.8 Å². The highest BCUT2D eigenvalue weighted by Crippen LogP contribution is 2.26. The minimum Gasteiger partial charge on any atom is -0.337 e. The van der Waals surface area contributed by atoms with Gasteiger partial charge in [-0.05, 0) is 32.8 Å². The Hall–Kier alpha value is -0.810. The van der Waals surface area contributed by atoms with E-state index in [-0.39, 0.29) is 30.7 Å². The lowest BCUT2D eigenvalue weighted by Crippen LogP contribution is -2.48. The molecule has 0 aromatic heterocycles. The first-order chi connectivity index (χ1) is 10.0. The van der Waals surface area contributed by atoms with Gasteiger partial charge in [-0.15, -0.1) is 24.8 Å². The zero-order valence-corrected chi connectivity index (χ0v) is 15.8. The summed E-state index contributed by atoms with van der Waals surface area (Å²) in [6.07, 6.45) is 1.03. The summed E-state index contributed by atoms with van der Waals surface area (Å²) in [5, 5.41) is 0. The van der Waals surface area contributed by atoms with Crippen LogP contribution in [0.3, 0.4) is 0 Å². The third kappa shape index (κ3) is 5.35.